The van der Waals surface area contributed by atoms with Crippen LogP contribution in [0.25, 0.3) is 16.5 Å². The van der Waals surface area contributed by atoms with E-state index in [2.05, 4.69) is 9.97 Å². The van der Waals surface area contributed by atoms with Crippen LogP contribution >= 0.6 is 0 Å². The van der Waals surface area contributed by atoms with Crippen LogP contribution in [-0.2, 0) is 0 Å². The van der Waals surface area contributed by atoms with Gasteiger partial charge in [-0.2, -0.15) is 13.2 Å². The number of rotatable bonds is 1. The molecule has 2 aromatic rings. The van der Waals surface area contributed by atoms with Crippen LogP contribution in [0.2, 0.25) is 0 Å². The van der Waals surface area contributed by atoms with Crippen molar-refractivity contribution in [3.63, 3.8) is 0 Å². The van der Waals surface area contributed by atoms with Gasteiger partial charge in [0.25, 0.3) is 0 Å². The summed E-state index contributed by atoms with van der Waals surface area (Å²) in [4.78, 5) is 8.37. The molecule has 6 rings (SSSR count). The summed E-state index contributed by atoms with van der Waals surface area (Å²) >= 11 is 0. The number of halogens is 3. The van der Waals surface area contributed by atoms with Crippen LogP contribution < -0.4 is 0 Å². The van der Waals surface area contributed by atoms with Gasteiger partial charge < -0.3 is 10.2 Å². The molecule has 4 unspecified atom stereocenters. The molecule has 7 heteroatoms. The minimum Gasteiger partial charge on any atom is -0.393 e. The second-order valence-electron chi connectivity index (χ2n) is 11.0. The monoisotopic (exact) mass is 482 g/mol. The smallest absolute Gasteiger partial charge is 0.393 e. The van der Waals surface area contributed by atoms with Crippen molar-refractivity contribution in [3.05, 3.63) is 65.2 Å². The highest BCUT2D eigenvalue weighted by Crippen LogP contribution is 2.64. The summed E-state index contributed by atoms with van der Waals surface area (Å²) in [5.74, 6) is -0.232. The molecule has 0 amide bonds. The van der Waals surface area contributed by atoms with Crippen molar-refractivity contribution in [3.8, 4) is 0 Å². The number of aliphatic hydroxyl groups excluding tert-OH is 1. The lowest BCUT2D eigenvalue weighted by atomic mass is 9.56. The third kappa shape index (κ3) is 3.50. The van der Waals surface area contributed by atoms with Gasteiger partial charge in [0.15, 0.2) is 0 Å². The quantitative estimate of drug-likeness (QED) is 0.530. The van der Waals surface area contributed by atoms with E-state index in [0.29, 0.717) is 32.1 Å². The molecule has 1 fully saturated rings. The van der Waals surface area contributed by atoms with Gasteiger partial charge in [-0.15, -0.1) is 0 Å². The second-order valence-corrected chi connectivity index (χ2v) is 11.0. The van der Waals surface area contributed by atoms with E-state index in [1.165, 1.54) is 6.33 Å². The van der Waals surface area contributed by atoms with Gasteiger partial charge in [-0.1, -0.05) is 36.8 Å². The van der Waals surface area contributed by atoms with E-state index in [1.54, 1.807) is 12.3 Å². The van der Waals surface area contributed by atoms with E-state index in [4.69, 9.17) is 0 Å². The first-order valence-electron chi connectivity index (χ1n) is 12.4. The van der Waals surface area contributed by atoms with Gasteiger partial charge >= 0.3 is 6.18 Å². The molecule has 2 N–H and O–H groups in total. The van der Waals surface area contributed by atoms with E-state index in [0.717, 1.165) is 34.0 Å². The third-order valence-corrected chi connectivity index (χ3v) is 9.06. The van der Waals surface area contributed by atoms with Crippen LogP contribution in [0, 0.1) is 17.3 Å². The summed E-state index contributed by atoms with van der Waals surface area (Å²) in [5.41, 5.74) is 0.291. The van der Waals surface area contributed by atoms with E-state index in [-0.39, 0.29) is 23.8 Å². The maximum absolute atomic E-state index is 14.6. The van der Waals surface area contributed by atoms with Crippen LogP contribution in [0.1, 0.15) is 57.4 Å². The Kier molecular flexibility index (Phi) is 5.07. The molecular weight excluding hydrogens is 453 g/mol. The van der Waals surface area contributed by atoms with Crippen LogP contribution in [-0.4, -0.2) is 38.1 Å². The minimum atomic E-state index is -4.55. The predicted molar refractivity (Wildman–Crippen MR) is 127 cm³/mol. The zero-order valence-corrected chi connectivity index (χ0v) is 19.6. The number of allylic oxidation sites excluding steroid dienone is 3. The number of aromatic nitrogens is 2. The molecule has 1 saturated carbocycles. The van der Waals surface area contributed by atoms with Crippen molar-refractivity contribution in [1.29, 1.82) is 0 Å². The minimum absolute atomic E-state index is 0.0416. The van der Waals surface area contributed by atoms with Gasteiger partial charge in [0.05, 0.1) is 17.2 Å². The van der Waals surface area contributed by atoms with Crippen molar-refractivity contribution in [2.24, 2.45) is 17.3 Å². The molecular formula is C28H29F3N2O2. The van der Waals surface area contributed by atoms with Crippen molar-refractivity contribution in [2.75, 3.05) is 0 Å². The topological polar surface area (TPSA) is 66.2 Å². The molecule has 35 heavy (non-hydrogen) atoms. The molecule has 0 radical (unpaired) electrons. The summed E-state index contributed by atoms with van der Waals surface area (Å²) in [6.07, 6.45) is 4.84. The number of fused-ring (bicyclic) bond motifs is 5. The van der Waals surface area contributed by atoms with Crippen molar-refractivity contribution < 1.29 is 23.4 Å². The molecule has 4 aliphatic carbocycles. The Balaban J connectivity index is 1.49. The summed E-state index contributed by atoms with van der Waals surface area (Å²) in [6, 6.07) is 5.74. The molecule has 4 nitrogen and oxygen atoms in total. The molecule has 4 aliphatic rings. The molecule has 0 saturated heterocycles. The molecule has 1 aromatic carbocycles. The molecule has 0 bridgehead atoms. The Bertz CT molecular complexity index is 1300. The average molecular weight is 483 g/mol. The Morgan fingerprint density at radius 2 is 1.97 bits per heavy atom. The Morgan fingerprint density at radius 3 is 2.77 bits per heavy atom. The predicted octanol–water partition coefficient (Wildman–Crippen LogP) is 5.91. The molecule has 0 aliphatic heterocycles. The molecule has 1 aromatic heterocycles. The number of benzene rings is 1. The largest absolute Gasteiger partial charge is 0.413 e. The van der Waals surface area contributed by atoms with E-state index < -0.39 is 28.9 Å². The fraction of sp³-hybridized carbons (Fsp3) is 0.500. The fourth-order valence-electron chi connectivity index (χ4n) is 7.34. The first kappa shape index (κ1) is 22.9. The van der Waals surface area contributed by atoms with Crippen molar-refractivity contribution >= 4 is 16.5 Å². The zero-order valence-electron chi connectivity index (χ0n) is 19.6. The van der Waals surface area contributed by atoms with E-state index in [9.17, 15) is 23.4 Å². The number of aliphatic hydroxyl groups is 2. The second kappa shape index (κ2) is 7.74. The maximum Gasteiger partial charge on any atom is 0.413 e. The standard InChI is InChI=1S/C28H29F3N2O2/c1-26-13-23(28(29,30)31)22-11-19-10-20(34)5-4-16(19)8-9-27(22,35)25(26)7-6-21(26)17-2-3-18-14-32-15-33-24(18)12-17/h2-3,6,11-12,14-16,20,25,34-35H,4-5,7-10,13H2,1H3/t16?,20?,25?,26?,27-/m1/s1. The Morgan fingerprint density at radius 1 is 1.14 bits per heavy atom. The molecule has 5 atom stereocenters. The number of nitrogens with zero attached hydrogens (tertiary/aromatic N) is 2. The SMILES string of the molecule is CC12CC(C(F)(F)F)=C3C=C4CC(O)CCC4CC[C@]3(O)C1CC=C2c1ccc2cncnc2c1. The number of alkyl halides is 3. The summed E-state index contributed by atoms with van der Waals surface area (Å²) in [7, 11) is 0. The maximum atomic E-state index is 14.6. The highest BCUT2D eigenvalue weighted by Gasteiger charge is 2.60. The van der Waals surface area contributed by atoms with Crippen LogP contribution in [0.3, 0.4) is 0 Å². The van der Waals surface area contributed by atoms with E-state index in [1.807, 2.05) is 31.2 Å². The molecule has 184 valence electrons. The van der Waals surface area contributed by atoms with Gasteiger partial charge in [0.1, 0.15) is 6.33 Å². The van der Waals surface area contributed by atoms with Gasteiger partial charge in [0, 0.05) is 28.5 Å². The lowest BCUT2D eigenvalue weighted by Crippen LogP contribution is -2.51. The van der Waals surface area contributed by atoms with Gasteiger partial charge in [-0.05, 0) is 73.6 Å². The van der Waals surface area contributed by atoms with E-state index >= 15 is 0 Å². The highest BCUT2D eigenvalue weighted by molar-refractivity contribution is 5.84. The van der Waals surface area contributed by atoms with Gasteiger partial charge in [-0.25, -0.2) is 9.97 Å². The Labute approximate surface area is 202 Å². The molecule has 1 heterocycles. The van der Waals surface area contributed by atoms with Crippen molar-refractivity contribution in [2.45, 2.75) is 69.8 Å². The first-order valence-corrected chi connectivity index (χ1v) is 12.4. The molecule has 0 spiro atoms. The lowest BCUT2D eigenvalue weighted by Gasteiger charge is -2.50. The number of hydrogen-bond acceptors (Lipinski definition) is 4. The lowest BCUT2D eigenvalue weighted by molar-refractivity contribution is -0.113. The van der Waals surface area contributed by atoms with Crippen LogP contribution in [0.15, 0.2) is 59.6 Å². The number of hydrogen-bond donors (Lipinski definition) is 2. The summed E-state index contributed by atoms with van der Waals surface area (Å²) < 4.78 is 43.8. The van der Waals surface area contributed by atoms with Gasteiger partial charge in [0.2, 0.25) is 0 Å². The summed E-state index contributed by atoms with van der Waals surface area (Å²) in [5, 5.41) is 23.2. The normalized spacial score (nSPS) is 35.1. The van der Waals surface area contributed by atoms with Crippen molar-refractivity contribution in [1.82, 2.24) is 9.97 Å². The fourth-order valence-corrected chi connectivity index (χ4v) is 7.34. The zero-order chi connectivity index (χ0) is 24.6. The third-order valence-electron chi connectivity index (χ3n) is 9.06. The van der Waals surface area contributed by atoms with Crippen LogP contribution in [0.4, 0.5) is 13.2 Å². The highest BCUT2D eigenvalue weighted by atomic mass is 19.4. The van der Waals surface area contributed by atoms with Crippen LogP contribution in [0.5, 0.6) is 0 Å². The first-order chi connectivity index (χ1) is 16.6. The average Bonchev–Trinajstić information content (AvgIpc) is 3.09. The van der Waals surface area contributed by atoms with Gasteiger partial charge in [-0.3, -0.25) is 0 Å². The summed E-state index contributed by atoms with van der Waals surface area (Å²) in [6.45, 7) is 1.88. The Hall–Kier alpha value is -2.51.